The van der Waals surface area contributed by atoms with E-state index in [0.717, 1.165) is 16.8 Å². The van der Waals surface area contributed by atoms with Gasteiger partial charge in [0.05, 0.1) is 30.4 Å². The van der Waals surface area contributed by atoms with Crippen LogP contribution in [0.4, 0.5) is 24.9 Å². The summed E-state index contributed by atoms with van der Waals surface area (Å²) < 4.78 is 48.3. The van der Waals surface area contributed by atoms with Gasteiger partial charge in [0, 0.05) is 45.1 Å². The minimum atomic E-state index is -5.30. The van der Waals surface area contributed by atoms with Gasteiger partial charge in [-0.25, -0.2) is 14.8 Å². The van der Waals surface area contributed by atoms with E-state index >= 15 is 0 Å². The Kier molecular flexibility index (Phi) is 10.5. The fourth-order valence-corrected chi connectivity index (χ4v) is 6.31. The summed E-state index contributed by atoms with van der Waals surface area (Å²) >= 11 is 0. The minimum absolute atomic E-state index is 0.0620. The average Bonchev–Trinajstić information content (AvgIpc) is 3.82. The fourth-order valence-electron chi connectivity index (χ4n) is 6.31. The third-order valence-corrected chi connectivity index (χ3v) is 8.84. The van der Waals surface area contributed by atoms with Crippen molar-refractivity contribution < 1.29 is 32.6 Å². The Labute approximate surface area is 291 Å². The number of aromatic nitrogens is 6. The Morgan fingerprint density at radius 3 is 2.29 bits per heavy atom. The Morgan fingerprint density at radius 2 is 1.69 bits per heavy atom. The minimum Gasteiger partial charge on any atom is -0.451 e. The number of hydrogen-bond acceptors (Lipinski definition) is 10. The van der Waals surface area contributed by atoms with Gasteiger partial charge in [0.15, 0.2) is 23.1 Å². The van der Waals surface area contributed by atoms with Crippen LogP contribution in [0.5, 0.6) is 0 Å². The summed E-state index contributed by atoms with van der Waals surface area (Å²) in [4.78, 5) is 42.6. The summed E-state index contributed by atoms with van der Waals surface area (Å²) in [5, 5.41) is 20.4. The molecule has 16 heteroatoms. The number of imidazole rings is 2. The number of carbonyl (C=O) groups is 2. The quantitative estimate of drug-likeness (QED) is 0.131. The van der Waals surface area contributed by atoms with Crippen molar-refractivity contribution in [2.75, 3.05) is 23.7 Å². The molecule has 3 aromatic heterocycles. The predicted molar refractivity (Wildman–Crippen MR) is 182 cm³/mol. The first-order chi connectivity index (χ1) is 24.5. The summed E-state index contributed by atoms with van der Waals surface area (Å²) in [5.41, 5.74) is 3.50. The third-order valence-electron chi connectivity index (χ3n) is 8.84. The van der Waals surface area contributed by atoms with Crippen molar-refractivity contribution in [2.24, 2.45) is 7.05 Å². The Morgan fingerprint density at radius 1 is 1.00 bits per heavy atom. The number of amides is 1. The zero-order valence-corrected chi connectivity index (χ0v) is 27.9. The van der Waals surface area contributed by atoms with E-state index in [9.17, 15) is 27.9 Å². The van der Waals surface area contributed by atoms with Crippen LogP contribution in [0.25, 0.3) is 11.2 Å². The largest absolute Gasteiger partial charge is 0.490 e. The highest BCUT2D eigenvalue weighted by Crippen LogP contribution is 2.38. The molecule has 4 N–H and O–H groups in total. The maximum atomic E-state index is 13.4. The molecule has 0 bridgehead atoms. The van der Waals surface area contributed by atoms with E-state index in [1.54, 1.807) is 13.3 Å². The van der Waals surface area contributed by atoms with Crippen LogP contribution in [-0.2, 0) is 27.8 Å². The van der Waals surface area contributed by atoms with Gasteiger partial charge in [-0.3, -0.25) is 4.79 Å². The number of ether oxygens (including phenoxy) is 1. The number of aliphatic hydroxyl groups is 1. The molecule has 0 aliphatic heterocycles. The molecule has 1 fully saturated rings. The smallest absolute Gasteiger partial charge is 0.451 e. The Hall–Kier alpha value is -5.51. The van der Waals surface area contributed by atoms with E-state index in [2.05, 4.69) is 25.9 Å². The van der Waals surface area contributed by atoms with E-state index in [1.807, 2.05) is 78.5 Å². The second-order valence-corrected chi connectivity index (χ2v) is 12.4. The zero-order valence-electron chi connectivity index (χ0n) is 27.9. The summed E-state index contributed by atoms with van der Waals surface area (Å²) in [6, 6.07) is 17.8. The molecule has 2 aromatic carbocycles. The molecule has 51 heavy (non-hydrogen) atoms. The zero-order chi connectivity index (χ0) is 36.1. The number of halogens is 3. The van der Waals surface area contributed by atoms with Crippen LogP contribution in [0.15, 0.2) is 79.5 Å². The SMILES string of the molecule is CCC(=O)N[C@H]1C[C@@H](n2cnc3c(NCC(c4ccccc4)c4ccccc4)nc(NCCc4cn(C)cn4)nc32)[C@H](OC(=O)C(F)(F)F)[C@@H]1O. The number of alkyl halides is 3. The number of anilines is 2. The molecule has 268 valence electrons. The van der Waals surface area contributed by atoms with Gasteiger partial charge < -0.3 is 34.9 Å². The molecule has 6 rings (SSSR count). The van der Waals surface area contributed by atoms with E-state index in [0.29, 0.717) is 30.8 Å². The van der Waals surface area contributed by atoms with Crippen molar-refractivity contribution in [3.05, 3.63) is 96.3 Å². The lowest BCUT2D eigenvalue weighted by Crippen LogP contribution is -2.45. The number of hydrogen-bond donors (Lipinski definition) is 4. The molecule has 0 spiro atoms. The standard InChI is InChI=1S/C35H38F3N9O4/c1-3-27(48)43-25-16-26(30(29(25)49)51-33(50)35(36,37)38)47-20-42-28-31(44-34(45-32(28)47)39-15-14-23-18-46(2)19-41-23)40-17-24(21-10-6-4-7-11-21)22-12-8-5-9-13-22/h4-13,18-20,24-26,29-30,49H,3,14-17H2,1-2H3,(H,43,48)(H2,39,40,44,45)/t25-,26+,29+,30-/m0/s1. The van der Waals surface area contributed by atoms with Gasteiger partial charge in [0.25, 0.3) is 0 Å². The van der Waals surface area contributed by atoms with Crippen molar-refractivity contribution in [1.29, 1.82) is 0 Å². The van der Waals surface area contributed by atoms with Gasteiger partial charge in [-0.1, -0.05) is 67.6 Å². The highest BCUT2D eigenvalue weighted by Gasteiger charge is 2.51. The lowest BCUT2D eigenvalue weighted by molar-refractivity contribution is -0.209. The topological polar surface area (TPSA) is 161 Å². The second-order valence-electron chi connectivity index (χ2n) is 12.4. The number of benzene rings is 2. The molecule has 4 atom stereocenters. The molecule has 1 amide bonds. The molecule has 3 heterocycles. The first-order valence-corrected chi connectivity index (χ1v) is 16.6. The van der Waals surface area contributed by atoms with Gasteiger partial charge in [0.1, 0.15) is 6.10 Å². The van der Waals surface area contributed by atoms with Crippen molar-refractivity contribution in [3.8, 4) is 0 Å². The van der Waals surface area contributed by atoms with Crippen LogP contribution < -0.4 is 16.0 Å². The van der Waals surface area contributed by atoms with Gasteiger partial charge in [-0.2, -0.15) is 23.1 Å². The molecule has 0 unspecified atom stereocenters. The number of aliphatic hydroxyl groups excluding tert-OH is 1. The summed E-state index contributed by atoms with van der Waals surface area (Å²) in [5.74, 6) is -2.40. The molecule has 5 aromatic rings. The lowest BCUT2D eigenvalue weighted by Gasteiger charge is -2.24. The molecule has 0 radical (unpaired) electrons. The van der Waals surface area contributed by atoms with E-state index in [-0.39, 0.29) is 30.4 Å². The monoisotopic (exact) mass is 705 g/mol. The van der Waals surface area contributed by atoms with Crippen LogP contribution in [0, 0.1) is 0 Å². The van der Waals surface area contributed by atoms with Crippen LogP contribution in [0.1, 0.15) is 48.5 Å². The van der Waals surface area contributed by atoms with Crippen LogP contribution in [-0.4, -0.2) is 83.6 Å². The number of fused-ring (bicyclic) bond motifs is 1. The number of carbonyl (C=O) groups excluding carboxylic acids is 2. The highest BCUT2D eigenvalue weighted by molar-refractivity contribution is 5.84. The number of nitrogens with one attached hydrogen (secondary N) is 3. The van der Waals surface area contributed by atoms with Crippen molar-refractivity contribution >= 4 is 34.8 Å². The summed E-state index contributed by atoms with van der Waals surface area (Å²) in [6.45, 7) is 2.41. The number of esters is 1. The van der Waals surface area contributed by atoms with E-state index < -0.39 is 42.3 Å². The second kappa shape index (κ2) is 15.2. The van der Waals surface area contributed by atoms with Crippen molar-refractivity contribution in [1.82, 2.24) is 34.4 Å². The molecule has 1 saturated carbocycles. The maximum absolute atomic E-state index is 13.4. The summed E-state index contributed by atoms with van der Waals surface area (Å²) in [6.07, 6.45) is -3.09. The molecular formula is C35H38F3N9O4. The summed E-state index contributed by atoms with van der Waals surface area (Å²) in [7, 11) is 1.87. The first kappa shape index (κ1) is 35.3. The number of rotatable bonds is 13. The third kappa shape index (κ3) is 8.11. The van der Waals surface area contributed by atoms with Crippen molar-refractivity contribution in [3.63, 3.8) is 0 Å². The average molecular weight is 706 g/mol. The van der Waals surface area contributed by atoms with E-state index in [4.69, 9.17) is 14.7 Å². The van der Waals surface area contributed by atoms with Gasteiger partial charge in [-0.05, 0) is 17.5 Å². The maximum Gasteiger partial charge on any atom is 0.490 e. The molecule has 13 nitrogen and oxygen atoms in total. The van der Waals surface area contributed by atoms with Gasteiger partial charge in [-0.15, -0.1) is 0 Å². The Bertz CT molecular complexity index is 1910. The number of nitrogens with zero attached hydrogens (tertiary/aromatic N) is 6. The van der Waals surface area contributed by atoms with Crippen LogP contribution >= 0.6 is 0 Å². The fraction of sp³-hybridized carbons (Fsp3) is 0.371. The molecule has 0 saturated heterocycles. The van der Waals surface area contributed by atoms with E-state index in [1.165, 1.54) is 10.9 Å². The molecule has 1 aliphatic rings. The first-order valence-electron chi connectivity index (χ1n) is 16.6. The molecular weight excluding hydrogens is 667 g/mol. The normalized spacial score (nSPS) is 19.0. The molecule has 1 aliphatic carbocycles. The van der Waals surface area contributed by atoms with Crippen LogP contribution in [0.2, 0.25) is 0 Å². The predicted octanol–water partition coefficient (Wildman–Crippen LogP) is 4.13. The van der Waals surface area contributed by atoms with Crippen LogP contribution in [0.3, 0.4) is 0 Å². The van der Waals surface area contributed by atoms with Gasteiger partial charge in [0.2, 0.25) is 11.9 Å². The van der Waals surface area contributed by atoms with Gasteiger partial charge >= 0.3 is 12.1 Å². The Balaban J connectivity index is 1.37. The van der Waals surface area contributed by atoms with Crippen molar-refractivity contribution in [2.45, 2.75) is 62.6 Å². The highest BCUT2D eigenvalue weighted by atomic mass is 19.4. The number of aryl methyl sites for hydroxylation is 1. The lowest BCUT2D eigenvalue weighted by atomic mass is 9.91.